The van der Waals surface area contributed by atoms with Gasteiger partial charge in [0, 0.05) is 56.1 Å². The molecule has 0 N–H and O–H groups in total. The Labute approximate surface area is 186 Å². The van der Waals surface area contributed by atoms with Crippen molar-refractivity contribution in [1.29, 1.82) is 0 Å². The Kier molecular flexibility index (Phi) is 6.24. The Morgan fingerprint density at radius 2 is 1.74 bits per heavy atom. The van der Waals surface area contributed by atoms with Gasteiger partial charge in [0.15, 0.2) is 0 Å². The Balaban J connectivity index is 1.31. The predicted molar refractivity (Wildman–Crippen MR) is 124 cm³/mol. The summed E-state index contributed by atoms with van der Waals surface area (Å²) >= 11 is 0. The molecule has 2 fully saturated rings. The van der Waals surface area contributed by atoms with E-state index in [-0.39, 0.29) is 5.56 Å². The van der Waals surface area contributed by atoms with Crippen LogP contribution < -0.4 is 5.56 Å². The van der Waals surface area contributed by atoms with Crippen LogP contribution in [0, 0.1) is 12.8 Å². The molecular formula is C26H36N4O. The molecule has 0 aromatic carbocycles. The third-order valence-corrected chi connectivity index (χ3v) is 7.46. The fourth-order valence-electron chi connectivity index (χ4n) is 5.97. The van der Waals surface area contributed by atoms with E-state index in [1.807, 2.05) is 6.20 Å². The highest BCUT2D eigenvalue weighted by Gasteiger charge is 2.35. The summed E-state index contributed by atoms with van der Waals surface area (Å²) in [7, 11) is 0. The van der Waals surface area contributed by atoms with Gasteiger partial charge in [-0.25, -0.2) is 0 Å². The van der Waals surface area contributed by atoms with E-state index in [9.17, 15) is 4.79 Å². The maximum atomic E-state index is 13.4. The van der Waals surface area contributed by atoms with Gasteiger partial charge in [-0.05, 0) is 69.0 Å². The first-order valence-electron chi connectivity index (χ1n) is 12.2. The predicted octanol–water partition coefficient (Wildman–Crippen LogP) is 3.94. The molecule has 3 aliphatic heterocycles. The minimum absolute atomic E-state index is 0.267. The minimum atomic E-state index is 0.267. The minimum Gasteiger partial charge on any atom is -0.312 e. The zero-order chi connectivity index (χ0) is 21.2. The van der Waals surface area contributed by atoms with Crippen LogP contribution in [0.5, 0.6) is 0 Å². The summed E-state index contributed by atoms with van der Waals surface area (Å²) in [5, 5.41) is 0. The molecule has 0 spiro atoms. The first-order chi connectivity index (χ1) is 15.2. The summed E-state index contributed by atoms with van der Waals surface area (Å²) in [6, 6.07) is 8.65. The van der Waals surface area contributed by atoms with Crippen molar-refractivity contribution in [1.82, 2.24) is 19.4 Å². The molecule has 2 aromatic heterocycles. The third kappa shape index (κ3) is 4.78. The number of hydrogen-bond acceptors (Lipinski definition) is 4. The second kappa shape index (κ2) is 9.25. The zero-order valence-electron chi connectivity index (χ0n) is 18.9. The molecule has 0 radical (unpaired) electrons. The van der Waals surface area contributed by atoms with Crippen LogP contribution in [0.3, 0.4) is 0 Å². The van der Waals surface area contributed by atoms with Gasteiger partial charge in [-0.3, -0.25) is 19.6 Å². The number of likely N-dealkylation sites (tertiary alicyclic amines) is 2. The highest BCUT2D eigenvalue weighted by molar-refractivity contribution is 5.23. The molecule has 2 aromatic rings. The third-order valence-electron chi connectivity index (χ3n) is 7.46. The van der Waals surface area contributed by atoms with Crippen molar-refractivity contribution >= 4 is 0 Å². The monoisotopic (exact) mass is 420 g/mol. The molecule has 5 heteroatoms. The molecule has 2 saturated heterocycles. The van der Waals surface area contributed by atoms with Gasteiger partial charge in [-0.1, -0.05) is 25.3 Å². The SMILES string of the molecule is Cc1ccnc(CN2C[C@@H]3C[C@H](C2)c2ccc(CN4CCCCCCC4)c(=O)n2C3)c1. The summed E-state index contributed by atoms with van der Waals surface area (Å²) in [4.78, 5) is 23.0. The number of nitrogens with zero attached hydrogens (tertiary/aromatic N) is 4. The highest BCUT2D eigenvalue weighted by Crippen LogP contribution is 2.35. The largest absolute Gasteiger partial charge is 0.312 e. The first-order valence-corrected chi connectivity index (χ1v) is 12.2. The van der Waals surface area contributed by atoms with Crippen molar-refractivity contribution in [3.05, 3.63) is 63.3 Å². The molecule has 2 atom stereocenters. The lowest BCUT2D eigenvalue weighted by molar-refractivity contribution is 0.113. The summed E-state index contributed by atoms with van der Waals surface area (Å²) < 4.78 is 2.13. The summed E-state index contributed by atoms with van der Waals surface area (Å²) in [6.07, 6.45) is 9.69. The average molecular weight is 421 g/mol. The number of hydrogen-bond donors (Lipinski definition) is 0. The second-order valence-corrected chi connectivity index (χ2v) is 10.1. The quantitative estimate of drug-likeness (QED) is 0.751. The first kappa shape index (κ1) is 20.9. The van der Waals surface area contributed by atoms with Gasteiger partial charge in [0.1, 0.15) is 0 Å². The molecule has 0 aliphatic carbocycles. The van der Waals surface area contributed by atoms with Crippen molar-refractivity contribution in [2.24, 2.45) is 5.92 Å². The molecule has 5 nitrogen and oxygen atoms in total. The molecule has 3 aliphatic rings. The number of fused-ring (bicyclic) bond motifs is 4. The van der Waals surface area contributed by atoms with Gasteiger partial charge in [0.25, 0.3) is 5.56 Å². The van der Waals surface area contributed by atoms with Crippen LogP contribution >= 0.6 is 0 Å². The normalized spacial score (nSPS) is 24.9. The zero-order valence-corrected chi connectivity index (χ0v) is 18.9. The molecule has 0 amide bonds. The van der Waals surface area contributed by atoms with E-state index >= 15 is 0 Å². The molecule has 166 valence electrons. The van der Waals surface area contributed by atoms with Crippen molar-refractivity contribution in [3.63, 3.8) is 0 Å². The van der Waals surface area contributed by atoms with E-state index in [4.69, 9.17) is 0 Å². The van der Waals surface area contributed by atoms with Gasteiger partial charge < -0.3 is 4.57 Å². The van der Waals surface area contributed by atoms with E-state index in [0.29, 0.717) is 11.8 Å². The summed E-state index contributed by atoms with van der Waals surface area (Å²) in [5.74, 6) is 1.02. The van der Waals surface area contributed by atoms with Gasteiger partial charge in [0.05, 0.1) is 5.69 Å². The van der Waals surface area contributed by atoms with E-state index in [2.05, 4.69) is 50.5 Å². The number of pyridine rings is 2. The van der Waals surface area contributed by atoms with E-state index in [1.165, 1.54) is 49.8 Å². The van der Waals surface area contributed by atoms with Crippen LogP contribution in [0.4, 0.5) is 0 Å². The fraction of sp³-hybridized carbons (Fsp3) is 0.615. The van der Waals surface area contributed by atoms with Crippen LogP contribution in [-0.2, 0) is 19.6 Å². The maximum Gasteiger partial charge on any atom is 0.255 e. The summed E-state index contributed by atoms with van der Waals surface area (Å²) in [5.41, 5.74) is 4.93. The lowest BCUT2D eigenvalue weighted by Crippen LogP contribution is -2.47. The number of piperidine rings is 1. The average Bonchev–Trinajstić information content (AvgIpc) is 2.72. The van der Waals surface area contributed by atoms with E-state index in [1.54, 1.807) is 0 Å². The molecule has 0 unspecified atom stereocenters. The smallest absolute Gasteiger partial charge is 0.255 e. The van der Waals surface area contributed by atoms with Crippen molar-refractivity contribution in [2.75, 3.05) is 26.2 Å². The lowest BCUT2D eigenvalue weighted by atomic mass is 9.83. The number of aryl methyl sites for hydroxylation is 1. The van der Waals surface area contributed by atoms with Gasteiger partial charge in [0.2, 0.25) is 0 Å². The Morgan fingerprint density at radius 3 is 2.55 bits per heavy atom. The standard InChI is InChI=1S/C26H36N4O/c1-20-9-10-27-24(13-20)19-29-15-21-14-23(18-29)25-8-7-22(26(31)30(25)16-21)17-28-11-5-3-2-4-6-12-28/h7-10,13,21,23H,2-6,11-12,14-19H2,1H3/t21-,23+/m0/s1. The van der Waals surface area contributed by atoms with Crippen LogP contribution in [-0.4, -0.2) is 45.5 Å². The van der Waals surface area contributed by atoms with Crippen molar-refractivity contribution in [2.45, 2.75) is 71.0 Å². The molecule has 31 heavy (non-hydrogen) atoms. The Morgan fingerprint density at radius 1 is 0.935 bits per heavy atom. The fourth-order valence-corrected chi connectivity index (χ4v) is 5.97. The maximum absolute atomic E-state index is 13.4. The lowest BCUT2D eigenvalue weighted by Gasteiger charge is -2.43. The number of rotatable bonds is 4. The molecular weight excluding hydrogens is 384 g/mol. The Hall–Kier alpha value is -1.98. The van der Waals surface area contributed by atoms with Crippen molar-refractivity contribution in [3.8, 4) is 0 Å². The number of aromatic nitrogens is 2. The molecule has 2 bridgehead atoms. The van der Waals surface area contributed by atoms with Gasteiger partial charge in [-0.2, -0.15) is 0 Å². The second-order valence-electron chi connectivity index (χ2n) is 10.1. The van der Waals surface area contributed by atoms with Crippen LogP contribution in [0.25, 0.3) is 0 Å². The Bertz CT molecular complexity index is 960. The van der Waals surface area contributed by atoms with Gasteiger partial charge in [-0.15, -0.1) is 0 Å². The van der Waals surface area contributed by atoms with Crippen molar-refractivity contribution < 1.29 is 0 Å². The molecule has 0 saturated carbocycles. The summed E-state index contributed by atoms with van der Waals surface area (Å²) in [6.45, 7) is 9.08. The molecule has 5 heterocycles. The van der Waals surface area contributed by atoms with Gasteiger partial charge >= 0.3 is 0 Å². The topological polar surface area (TPSA) is 41.4 Å². The van der Waals surface area contributed by atoms with Crippen LogP contribution in [0.2, 0.25) is 0 Å². The van der Waals surface area contributed by atoms with Crippen LogP contribution in [0.15, 0.2) is 35.3 Å². The molecule has 5 rings (SSSR count). The highest BCUT2D eigenvalue weighted by atomic mass is 16.1. The van der Waals surface area contributed by atoms with E-state index < -0.39 is 0 Å². The van der Waals surface area contributed by atoms with Crippen LogP contribution in [0.1, 0.15) is 67.0 Å². The van der Waals surface area contributed by atoms with E-state index in [0.717, 1.165) is 57.1 Å².